The van der Waals surface area contributed by atoms with Crippen LogP contribution in [0.2, 0.25) is 0 Å². The van der Waals surface area contributed by atoms with E-state index in [-0.39, 0.29) is 13.2 Å². The summed E-state index contributed by atoms with van der Waals surface area (Å²) in [5, 5.41) is 0. The van der Waals surface area contributed by atoms with Gasteiger partial charge in [0.2, 0.25) is 0 Å². The molecule has 0 aliphatic rings. The first kappa shape index (κ1) is 18.1. The van der Waals surface area contributed by atoms with Crippen molar-refractivity contribution in [1.29, 1.82) is 0 Å². The lowest BCUT2D eigenvalue weighted by molar-refractivity contribution is -0.131. The van der Waals surface area contributed by atoms with Crippen LogP contribution in [0.15, 0.2) is 48.5 Å². The molecule has 2 aromatic carbocycles. The number of benzene rings is 2. The van der Waals surface area contributed by atoms with Gasteiger partial charge in [-0.25, -0.2) is 0 Å². The molecule has 0 heterocycles. The van der Waals surface area contributed by atoms with Crippen LogP contribution in [0.3, 0.4) is 0 Å². The van der Waals surface area contributed by atoms with Crippen LogP contribution < -0.4 is 25.1 Å². The van der Waals surface area contributed by atoms with E-state index in [1.807, 2.05) is 25.1 Å². The minimum absolute atomic E-state index is 0.211. The van der Waals surface area contributed by atoms with Crippen LogP contribution in [-0.4, -0.2) is 32.1 Å². The van der Waals surface area contributed by atoms with Gasteiger partial charge in [-0.1, -0.05) is 24.3 Å². The summed E-state index contributed by atoms with van der Waals surface area (Å²) in [6.07, 6.45) is 0. The van der Waals surface area contributed by atoms with E-state index in [4.69, 9.17) is 14.2 Å². The van der Waals surface area contributed by atoms with Gasteiger partial charge in [-0.3, -0.25) is 20.4 Å². The van der Waals surface area contributed by atoms with Crippen molar-refractivity contribution in [2.24, 2.45) is 0 Å². The Hall–Kier alpha value is -3.22. The molecule has 132 valence electrons. The van der Waals surface area contributed by atoms with Gasteiger partial charge in [0.15, 0.2) is 24.7 Å². The molecular weight excluding hydrogens is 324 g/mol. The molecule has 2 aromatic rings. The first-order valence-electron chi connectivity index (χ1n) is 7.61. The SMILES string of the molecule is COc1ccccc1OCC(=O)NNC(=O)COc1cccc(C)c1. The highest BCUT2D eigenvalue weighted by molar-refractivity contribution is 5.83. The summed E-state index contributed by atoms with van der Waals surface area (Å²) in [5.74, 6) is 0.558. The van der Waals surface area contributed by atoms with Gasteiger partial charge in [0.25, 0.3) is 11.8 Å². The number of hydrogen-bond acceptors (Lipinski definition) is 5. The van der Waals surface area contributed by atoms with Crippen molar-refractivity contribution >= 4 is 11.8 Å². The van der Waals surface area contributed by atoms with Gasteiger partial charge in [0.05, 0.1) is 7.11 Å². The lowest BCUT2D eigenvalue weighted by atomic mass is 10.2. The van der Waals surface area contributed by atoms with Crippen molar-refractivity contribution in [1.82, 2.24) is 10.9 Å². The molecule has 0 radical (unpaired) electrons. The maximum absolute atomic E-state index is 11.7. The molecule has 0 atom stereocenters. The molecule has 2 rings (SSSR count). The summed E-state index contributed by atoms with van der Waals surface area (Å²) >= 11 is 0. The molecular formula is C18H20N2O5. The molecule has 0 bridgehead atoms. The summed E-state index contributed by atoms with van der Waals surface area (Å²) in [4.78, 5) is 23.4. The minimum Gasteiger partial charge on any atom is -0.493 e. The van der Waals surface area contributed by atoms with Crippen molar-refractivity contribution < 1.29 is 23.8 Å². The summed E-state index contributed by atoms with van der Waals surface area (Å²) in [6.45, 7) is 1.45. The molecule has 7 heteroatoms. The fourth-order valence-electron chi connectivity index (χ4n) is 1.95. The van der Waals surface area contributed by atoms with Gasteiger partial charge in [-0.15, -0.1) is 0 Å². The second-order valence-corrected chi connectivity index (χ2v) is 5.14. The number of amides is 2. The third-order valence-corrected chi connectivity index (χ3v) is 3.13. The Morgan fingerprint density at radius 2 is 1.52 bits per heavy atom. The summed E-state index contributed by atoms with van der Waals surface area (Å²) in [7, 11) is 1.51. The predicted molar refractivity (Wildman–Crippen MR) is 91.4 cm³/mol. The third kappa shape index (κ3) is 6.06. The van der Waals surface area contributed by atoms with Crippen LogP contribution in [0.1, 0.15) is 5.56 Å². The molecule has 7 nitrogen and oxygen atoms in total. The number of methoxy groups -OCH3 is 1. The zero-order chi connectivity index (χ0) is 18.1. The van der Waals surface area contributed by atoms with Crippen molar-refractivity contribution in [2.75, 3.05) is 20.3 Å². The molecule has 0 fully saturated rings. The average molecular weight is 344 g/mol. The molecule has 0 spiro atoms. The number of rotatable bonds is 7. The monoisotopic (exact) mass is 344 g/mol. The number of ether oxygens (including phenoxy) is 3. The van der Waals surface area contributed by atoms with Gasteiger partial charge in [-0.2, -0.15) is 0 Å². The number of hydrogen-bond donors (Lipinski definition) is 2. The van der Waals surface area contributed by atoms with E-state index < -0.39 is 11.8 Å². The number of carbonyl (C=O) groups excluding carboxylic acids is 2. The highest BCUT2D eigenvalue weighted by Crippen LogP contribution is 2.25. The molecule has 2 N–H and O–H groups in total. The Morgan fingerprint density at radius 1 is 0.880 bits per heavy atom. The molecule has 0 aromatic heterocycles. The van der Waals surface area contributed by atoms with E-state index in [0.29, 0.717) is 17.2 Å². The van der Waals surface area contributed by atoms with E-state index in [1.54, 1.807) is 30.3 Å². The van der Waals surface area contributed by atoms with Crippen molar-refractivity contribution in [3.8, 4) is 17.2 Å². The van der Waals surface area contributed by atoms with E-state index in [1.165, 1.54) is 7.11 Å². The third-order valence-electron chi connectivity index (χ3n) is 3.13. The molecule has 25 heavy (non-hydrogen) atoms. The molecule has 0 aliphatic carbocycles. The second kappa shape index (κ2) is 9.17. The van der Waals surface area contributed by atoms with Crippen molar-refractivity contribution in [3.05, 3.63) is 54.1 Å². The molecule has 0 unspecified atom stereocenters. The maximum atomic E-state index is 11.7. The van der Waals surface area contributed by atoms with Crippen LogP contribution in [0.4, 0.5) is 0 Å². The zero-order valence-corrected chi connectivity index (χ0v) is 14.1. The predicted octanol–water partition coefficient (Wildman–Crippen LogP) is 1.61. The van der Waals surface area contributed by atoms with E-state index in [9.17, 15) is 9.59 Å². The Morgan fingerprint density at radius 3 is 2.16 bits per heavy atom. The molecule has 0 saturated carbocycles. The lowest BCUT2D eigenvalue weighted by Crippen LogP contribution is -2.45. The molecule has 0 aliphatic heterocycles. The van der Waals surface area contributed by atoms with E-state index in [2.05, 4.69) is 10.9 Å². The van der Waals surface area contributed by atoms with Gasteiger partial charge in [0.1, 0.15) is 5.75 Å². The van der Waals surface area contributed by atoms with Crippen LogP contribution in [-0.2, 0) is 9.59 Å². The smallest absolute Gasteiger partial charge is 0.276 e. The minimum atomic E-state index is -0.505. The van der Waals surface area contributed by atoms with E-state index >= 15 is 0 Å². The fraction of sp³-hybridized carbons (Fsp3) is 0.222. The standard InChI is InChI=1S/C18H20N2O5/c1-13-6-5-7-14(10-13)24-11-17(21)19-20-18(22)12-25-16-9-4-3-8-15(16)23-2/h3-10H,11-12H2,1-2H3,(H,19,21)(H,20,22). The van der Waals surface area contributed by atoms with Crippen molar-refractivity contribution in [3.63, 3.8) is 0 Å². The number of hydrazine groups is 1. The Kier molecular flexibility index (Phi) is 6.65. The van der Waals surface area contributed by atoms with E-state index in [0.717, 1.165) is 5.56 Å². The summed E-state index contributed by atoms with van der Waals surface area (Å²) < 4.78 is 15.8. The normalized spacial score (nSPS) is 9.84. The largest absolute Gasteiger partial charge is 0.493 e. The topological polar surface area (TPSA) is 85.9 Å². The van der Waals surface area contributed by atoms with Gasteiger partial charge in [-0.05, 0) is 36.8 Å². The average Bonchev–Trinajstić information content (AvgIpc) is 2.63. The summed E-state index contributed by atoms with van der Waals surface area (Å²) in [5.41, 5.74) is 5.54. The highest BCUT2D eigenvalue weighted by atomic mass is 16.5. The molecule has 0 saturated heterocycles. The quantitative estimate of drug-likeness (QED) is 0.745. The fourth-order valence-corrected chi connectivity index (χ4v) is 1.95. The Bertz CT molecular complexity index is 733. The van der Waals surface area contributed by atoms with Crippen LogP contribution >= 0.6 is 0 Å². The number of para-hydroxylation sites is 2. The first-order valence-corrected chi connectivity index (χ1v) is 7.61. The van der Waals surface area contributed by atoms with Gasteiger partial charge in [0, 0.05) is 0 Å². The Labute approximate surface area is 145 Å². The molecule has 2 amide bonds. The Balaban J connectivity index is 1.69. The van der Waals surface area contributed by atoms with Gasteiger partial charge < -0.3 is 14.2 Å². The lowest BCUT2D eigenvalue weighted by Gasteiger charge is -2.11. The van der Waals surface area contributed by atoms with Crippen LogP contribution in [0.5, 0.6) is 17.2 Å². The number of nitrogens with one attached hydrogen (secondary N) is 2. The van der Waals surface area contributed by atoms with Crippen LogP contribution in [0, 0.1) is 6.92 Å². The van der Waals surface area contributed by atoms with Crippen molar-refractivity contribution in [2.45, 2.75) is 6.92 Å². The zero-order valence-electron chi connectivity index (χ0n) is 14.1. The first-order chi connectivity index (χ1) is 12.1. The summed E-state index contributed by atoms with van der Waals surface area (Å²) in [6, 6.07) is 14.3. The number of aryl methyl sites for hydroxylation is 1. The highest BCUT2D eigenvalue weighted by Gasteiger charge is 2.08. The second-order valence-electron chi connectivity index (χ2n) is 5.14. The van der Waals surface area contributed by atoms with Crippen LogP contribution in [0.25, 0.3) is 0 Å². The number of carbonyl (C=O) groups is 2. The maximum Gasteiger partial charge on any atom is 0.276 e. The van der Waals surface area contributed by atoms with Gasteiger partial charge >= 0.3 is 0 Å².